The maximum absolute atomic E-state index is 9.63. The van der Waals surface area contributed by atoms with E-state index < -0.39 is 0 Å². The van der Waals surface area contributed by atoms with Gasteiger partial charge in [-0.2, -0.15) is 0 Å². The number of aromatic nitrogens is 3. The number of phenolic OH excluding ortho intramolecular Hbond substituents is 1. The van der Waals surface area contributed by atoms with Crippen molar-refractivity contribution in [3.63, 3.8) is 0 Å². The monoisotopic (exact) mass is 241 g/mol. The number of phenols is 1. The first kappa shape index (κ1) is 10.6. The van der Waals surface area contributed by atoms with Crippen molar-refractivity contribution in [2.24, 2.45) is 0 Å². The Balaban J connectivity index is 2.03. The van der Waals surface area contributed by atoms with Crippen molar-refractivity contribution in [1.29, 1.82) is 0 Å². The van der Waals surface area contributed by atoms with Crippen LogP contribution in [-0.2, 0) is 6.42 Å². The van der Waals surface area contributed by atoms with Gasteiger partial charge in [-0.1, -0.05) is 12.1 Å². The summed E-state index contributed by atoms with van der Waals surface area (Å²) in [5, 5.41) is 27.0. The zero-order valence-electron chi connectivity index (χ0n) is 9.48. The molecule has 5 heteroatoms. The maximum atomic E-state index is 9.63. The molecule has 2 aromatic heterocycles. The fourth-order valence-corrected chi connectivity index (χ4v) is 1.92. The molecule has 0 aliphatic carbocycles. The summed E-state index contributed by atoms with van der Waals surface area (Å²) in [6.45, 7) is 0. The van der Waals surface area contributed by atoms with E-state index in [-0.39, 0.29) is 11.5 Å². The van der Waals surface area contributed by atoms with E-state index in [4.69, 9.17) is 0 Å². The van der Waals surface area contributed by atoms with Crippen molar-refractivity contribution < 1.29 is 10.2 Å². The number of rotatable bonds is 2. The highest BCUT2D eigenvalue weighted by Crippen LogP contribution is 2.19. The maximum Gasteiger partial charge on any atom is 0.203 e. The van der Waals surface area contributed by atoms with Gasteiger partial charge in [-0.3, -0.25) is 4.40 Å². The van der Waals surface area contributed by atoms with Crippen LogP contribution in [0, 0.1) is 0 Å². The van der Waals surface area contributed by atoms with E-state index in [2.05, 4.69) is 10.2 Å². The largest absolute Gasteiger partial charge is 0.508 e. The molecule has 0 aliphatic rings. The van der Waals surface area contributed by atoms with Crippen molar-refractivity contribution in [2.75, 3.05) is 0 Å². The van der Waals surface area contributed by atoms with Crippen LogP contribution in [0.5, 0.6) is 11.5 Å². The molecule has 90 valence electrons. The van der Waals surface area contributed by atoms with Gasteiger partial charge in [0.1, 0.15) is 11.6 Å². The Bertz CT molecular complexity index is 706. The lowest BCUT2D eigenvalue weighted by atomic mass is 10.1. The number of nitrogens with zero attached hydrogens (tertiary/aromatic N) is 3. The average Bonchev–Trinajstić information content (AvgIpc) is 2.74. The van der Waals surface area contributed by atoms with Crippen molar-refractivity contribution in [3.05, 3.63) is 54.0 Å². The SMILES string of the molecule is Oc1cccc(Cc2nnc3c(O)cccn23)c1. The van der Waals surface area contributed by atoms with Crippen LogP contribution in [0.15, 0.2) is 42.6 Å². The molecule has 5 nitrogen and oxygen atoms in total. The van der Waals surface area contributed by atoms with Gasteiger partial charge >= 0.3 is 0 Å². The Labute approximate surface area is 103 Å². The minimum Gasteiger partial charge on any atom is -0.508 e. The molecule has 0 amide bonds. The summed E-state index contributed by atoms with van der Waals surface area (Å²) in [5.41, 5.74) is 1.38. The third kappa shape index (κ3) is 1.75. The van der Waals surface area contributed by atoms with E-state index in [1.807, 2.05) is 6.07 Å². The number of aromatic hydroxyl groups is 2. The fourth-order valence-electron chi connectivity index (χ4n) is 1.92. The van der Waals surface area contributed by atoms with E-state index in [0.717, 1.165) is 5.56 Å². The van der Waals surface area contributed by atoms with Crippen LogP contribution in [0.25, 0.3) is 5.65 Å². The van der Waals surface area contributed by atoms with Gasteiger partial charge in [0.2, 0.25) is 5.65 Å². The van der Waals surface area contributed by atoms with Gasteiger partial charge in [-0.15, -0.1) is 10.2 Å². The zero-order chi connectivity index (χ0) is 12.5. The van der Waals surface area contributed by atoms with Crippen LogP contribution >= 0.6 is 0 Å². The van der Waals surface area contributed by atoms with Gasteiger partial charge in [-0.25, -0.2) is 0 Å². The molecule has 0 unspecified atom stereocenters. The van der Waals surface area contributed by atoms with Crippen molar-refractivity contribution in [3.8, 4) is 11.5 Å². The molecule has 0 aliphatic heterocycles. The second-order valence-corrected chi connectivity index (χ2v) is 4.05. The lowest BCUT2D eigenvalue weighted by Gasteiger charge is -2.01. The van der Waals surface area contributed by atoms with Gasteiger partial charge in [-0.05, 0) is 29.8 Å². The van der Waals surface area contributed by atoms with Crippen LogP contribution < -0.4 is 0 Å². The van der Waals surface area contributed by atoms with Gasteiger partial charge in [0.05, 0.1) is 0 Å². The van der Waals surface area contributed by atoms with Gasteiger partial charge < -0.3 is 10.2 Å². The summed E-state index contributed by atoms with van der Waals surface area (Å²) in [7, 11) is 0. The lowest BCUT2D eigenvalue weighted by molar-refractivity contribution is 0.474. The summed E-state index contributed by atoms with van der Waals surface area (Å²) in [4.78, 5) is 0. The van der Waals surface area contributed by atoms with Gasteiger partial charge in [0, 0.05) is 12.6 Å². The van der Waals surface area contributed by atoms with Crippen molar-refractivity contribution in [1.82, 2.24) is 14.6 Å². The van der Waals surface area contributed by atoms with E-state index in [0.29, 0.717) is 17.9 Å². The van der Waals surface area contributed by atoms with Crippen molar-refractivity contribution in [2.45, 2.75) is 6.42 Å². The molecule has 0 saturated carbocycles. The number of fused-ring (bicyclic) bond motifs is 1. The highest BCUT2D eigenvalue weighted by molar-refractivity contribution is 5.52. The molecule has 0 atom stereocenters. The highest BCUT2D eigenvalue weighted by atomic mass is 16.3. The summed E-state index contributed by atoms with van der Waals surface area (Å²) < 4.78 is 1.74. The molecule has 0 spiro atoms. The molecule has 18 heavy (non-hydrogen) atoms. The molecule has 1 aromatic carbocycles. The van der Waals surface area contributed by atoms with Crippen LogP contribution in [0.1, 0.15) is 11.4 Å². The number of hydrogen-bond acceptors (Lipinski definition) is 4. The summed E-state index contributed by atoms with van der Waals surface area (Å²) >= 11 is 0. The minimum absolute atomic E-state index is 0.104. The Kier molecular flexibility index (Phi) is 2.37. The molecular weight excluding hydrogens is 230 g/mol. The molecule has 0 radical (unpaired) electrons. The molecule has 0 fully saturated rings. The van der Waals surface area contributed by atoms with E-state index in [9.17, 15) is 10.2 Å². The summed E-state index contributed by atoms with van der Waals surface area (Å²) in [6, 6.07) is 10.3. The summed E-state index contributed by atoms with van der Waals surface area (Å²) in [5.74, 6) is 1.04. The molecule has 2 N–H and O–H groups in total. The Hall–Kier alpha value is -2.56. The number of hydrogen-bond donors (Lipinski definition) is 2. The average molecular weight is 241 g/mol. The Morgan fingerprint density at radius 1 is 1.06 bits per heavy atom. The second-order valence-electron chi connectivity index (χ2n) is 4.05. The molecule has 3 rings (SSSR count). The van der Waals surface area contributed by atoms with Crippen LogP contribution in [0.2, 0.25) is 0 Å². The molecule has 0 bridgehead atoms. The van der Waals surface area contributed by atoms with Gasteiger partial charge in [0.25, 0.3) is 0 Å². The van der Waals surface area contributed by atoms with Crippen LogP contribution in [0.3, 0.4) is 0 Å². The molecule has 3 aromatic rings. The van der Waals surface area contributed by atoms with E-state index in [1.54, 1.807) is 40.9 Å². The molecular formula is C13H11N3O2. The molecule has 0 saturated heterocycles. The van der Waals surface area contributed by atoms with Gasteiger partial charge in [0.15, 0.2) is 5.75 Å². The topological polar surface area (TPSA) is 70.7 Å². The lowest BCUT2D eigenvalue weighted by Crippen LogP contribution is -1.95. The van der Waals surface area contributed by atoms with E-state index >= 15 is 0 Å². The third-order valence-electron chi connectivity index (χ3n) is 2.76. The second kappa shape index (κ2) is 4.03. The van der Waals surface area contributed by atoms with Crippen molar-refractivity contribution >= 4 is 5.65 Å². The predicted molar refractivity (Wildman–Crippen MR) is 65.6 cm³/mol. The first-order valence-corrected chi connectivity index (χ1v) is 5.53. The number of pyridine rings is 1. The standard InChI is InChI=1S/C13H11N3O2/c17-10-4-1-3-9(7-10)8-12-14-15-13-11(18)5-2-6-16(12)13/h1-7,17-18H,8H2. The molecule has 2 heterocycles. The highest BCUT2D eigenvalue weighted by Gasteiger charge is 2.09. The Morgan fingerprint density at radius 2 is 1.94 bits per heavy atom. The minimum atomic E-state index is 0.104. The predicted octanol–water partition coefficient (Wildman–Crippen LogP) is 1.73. The number of benzene rings is 1. The van der Waals surface area contributed by atoms with E-state index in [1.165, 1.54) is 0 Å². The quantitative estimate of drug-likeness (QED) is 0.716. The van der Waals surface area contributed by atoms with Crippen LogP contribution in [-0.4, -0.2) is 24.8 Å². The Morgan fingerprint density at radius 3 is 2.78 bits per heavy atom. The normalized spacial score (nSPS) is 10.9. The summed E-state index contributed by atoms with van der Waals surface area (Å²) in [6.07, 6.45) is 2.34. The first-order valence-electron chi connectivity index (χ1n) is 5.53. The first-order chi connectivity index (χ1) is 8.74. The smallest absolute Gasteiger partial charge is 0.203 e. The fraction of sp³-hybridized carbons (Fsp3) is 0.0769. The third-order valence-corrected chi connectivity index (χ3v) is 2.76. The van der Waals surface area contributed by atoms with Crippen LogP contribution in [0.4, 0.5) is 0 Å². The zero-order valence-corrected chi connectivity index (χ0v) is 9.48.